The van der Waals surface area contributed by atoms with E-state index in [1.807, 2.05) is 30.3 Å². The van der Waals surface area contributed by atoms with Crippen molar-refractivity contribution < 1.29 is 24.2 Å². The van der Waals surface area contributed by atoms with Crippen molar-refractivity contribution in [2.45, 2.75) is 31.6 Å². The molecule has 5 nitrogen and oxygen atoms in total. The Balaban J connectivity index is 2.09. The predicted octanol–water partition coefficient (Wildman–Crippen LogP) is 3.17. The molecule has 0 aliphatic heterocycles. The fourth-order valence-corrected chi connectivity index (χ4v) is 4.15. The lowest BCUT2D eigenvalue weighted by Gasteiger charge is -2.28. The number of benzene rings is 2. The highest BCUT2D eigenvalue weighted by Gasteiger charge is 2.48. The molecule has 3 rings (SSSR count). The van der Waals surface area contributed by atoms with Crippen LogP contribution < -0.4 is 9.84 Å². The van der Waals surface area contributed by atoms with Crippen LogP contribution in [0.15, 0.2) is 36.4 Å². The van der Waals surface area contributed by atoms with Gasteiger partial charge in [0.2, 0.25) is 0 Å². The Morgan fingerprint density at radius 3 is 2.46 bits per heavy atom. The number of fused-ring (bicyclic) bond motifs is 1. The minimum absolute atomic E-state index is 0.0128. The second-order valence-electron chi connectivity index (χ2n) is 6.85. The largest absolute Gasteiger partial charge is 0.546 e. The fraction of sp³-hybridized carbons (Fsp3) is 0.286. The van der Waals surface area contributed by atoms with Crippen LogP contribution in [0.3, 0.4) is 0 Å². The highest BCUT2D eigenvalue weighted by molar-refractivity contribution is 6.45. The average Bonchev–Trinajstić information content (AvgIpc) is 2.95. The van der Waals surface area contributed by atoms with E-state index >= 15 is 0 Å². The first-order valence-corrected chi connectivity index (χ1v) is 9.45. The topological polar surface area (TPSA) is 83.5 Å². The smallest absolute Gasteiger partial charge is 0.175 e. The molecule has 0 amide bonds. The van der Waals surface area contributed by atoms with Gasteiger partial charge in [-0.2, -0.15) is 0 Å². The highest BCUT2D eigenvalue weighted by Crippen LogP contribution is 2.49. The van der Waals surface area contributed by atoms with Crippen molar-refractivity contribution in [3.63, 3.8) is 0 Å². The van der Waals surface area contributed by atoms with Gasteiger partial charge in [-0.05, 0) is 37.0 Å². The second kappa shape index (κ2) is 7.94. The molecule has 0 heterocycles. The lowest BCUT2D eigenvalue weighted by atomic mass is 9.73. The first kappa shape index (κ1) is 20.4. The van der Waals surface area contributed by atoms with Crippen LogP contribution in [-0.2, 0) is 21.4 Å². The van der Waals surface area contributed by atoms with Crippen LogP contribution in [0.25, 0.3) is 0 Å². The minimum atomic E-state index is -1.40. The maximum Gasteiger partial charge on any atom is 0.175 e. The van der Waals surface area contributed by atoms with Crippen LogP contribution in [0.1, 0.15) is 41.3 Å². The first-order chi connectivity index (χ1) is 13.3. The Hall–Kier alpha value is -2.37. The monoisotopic (exact) mass is 419 g/mol. The first-order valence-electron chi connectivity index (χ1n) is 8.69. The summed E-state index contributed by atoms with van der Waals surface area (Å²) in [4.78, 5) is 35.8. The van der Waals surface area contributed by atoms with Crippen LogP contribution in [0, 0.1) is 0 Å². The molecule has 0 radical (unpaired) electrons. The Kier molecular flexibility index (Phi) is 5.77. The van der Waals surface area contributed by atoms with E-state index in [1.54, 1.807) is 6.07 Å². The molecule has 0 bridgehead atoms. The Bertz CT molecular complexity index is 955. The zero-order chi connectivity index (χ0) is 20.5. The molecular weight excluding hydrogens is 403 g/mol. The van der Waals surface area contributed by atoms with E-state index in [-0.39, 0.29) is 33.8 Å². The molecule has 7 heteroatoms. The molecule has 2 aromatic rings. The molecular formula is C21H17Cl2O5-. The molecule has 0 aromatic heterocycles. The van der Waals surface area contributed by atoms with Gasteiger partial charge in [0.15, 0.2) is 5.78 Å². The minimum Gasteiger partial charge on any atom is -0.546 e. The number of carboxylic acid groups (broad SMARTS) is 1. The number of halogens is 2. The number of rotatable bonds is 7. The molecule has 28 heavy (non-hydrogen) atoms. The standard InChI is InChI=1S/C21H18Cl2O5/c1-12(24)7-8-21(14-5-3-2-4-6-14)10-13-9-15(28-11-16(25)26)18(22)19(23)17(13)20(21)27/h2-6,9H,7-8,10-11H2,1H3,(H,25,26)/p-1. The average molecular weight is 420 g/mol. The fourth-order valence-electron chi connectivity index (χ4n) is 3.65. The summed E-state index contributed by atoms with van der Waals surface area (Å²) in [6.45, 7) is 0.804. The van der Waals surface area contributed by atoms with Crippen molar-refractivity contribution in [2.75, 3.05) is 6.61 Å². The van der Waals surface area contributed by atoms with Gasteiger partial charge in [-0.1, -0.05) is 53.5 Å². The molecule has 0 fully saturated rings. The molecule has 1 aliphatic rings. The second-order valence-corrected chi connectivity index (χ2v) is 7.61. The van der Waals surface area contributed by atoms with Gasteiger partial charge in [-0.15, -0.1) is 0 Å². The highest BCUT2D eigenvalue weighted by atomic mass is 35.5. The molecule has 0 saturated carbocycles. The summed E-state index contributed by atoms with van der Waals surface area (Å²) < 4.78 is 5.17. The van der Waals surface area contributed by atoms with E-state index in [4.69, 9.17) is 27.9 Å². The summed E-state index contributed by atoms with van der Waals surface area (Å²) >= 11 is 12.6. The van der Waals surface area contributed by atoms with Crippen molar-refractivity contribution in [3.8, 4) is 5.75 Å². The van der Waals surface area contributed by atoms with Gasteiger partial charge in [0, 0.05) is 12.0 Å². The quantitative estimate of drug-likeness (QED) is 0.687. The van der Waals surface area contributed by atoms with Gasteiger partial charge in [0.25, 0.3) is 0 Å². The normalized spacial score (nSPS) is 18.0. The summed E-state index contributed by atoms with van der Waals surface area (Å²) in [5.74, 6) is -1.53. The van der Waals surface area contributed by atoms with Gasteiger partial charge in [-0.25, -0.2) is 0 Å². The molecule has 1 atom stereocenters. The third-order valence-corrected chi connectivity index (χ3v) is 5.83. The third kappa shape index (κ3) is 3.64. The van der Waals surface area contributed by atoms with Crippen molar-refractivity contribution in [1.82, 2.24) is 0 Å². The van der Waals surface area contributed by atoms with Crippen LogP contribution in [0.2, 0.25) is 10.0 Å². The van der Waals surface area contributed by atoms with Gasteiger partial charge in [0.1, 0.15) is 23.2 Å². The van der Waals surface area contributed by atoms with Gasteiger partial charge in [0.05, 0.1) is 16.4 Å². The van der Waals surface area contributed by atoms with Crippen molar-refractivity contribution in [3.05, 3.63) is 63.1 Å². The molecule has 0 N–H and O–H groups in total. The lowest BCUT2D eigenvalue weighted by molar-refractivity contribution is -0.307. The van der Waals surface area contributed by atoms with Crippen LogP contribution in [-0.4, -0.2) is 24.1 Å². The zero-order valence-electron chi connectivity index (χ0n) is 15.1. The maximum absolute atomic E-state index is 13.5. The number of hydrogen-bond donors (Lipinski definition) is 0. The number of carbonyl (C=O) groups is 3. The lowest BCUT2D eigenvalue weighted by Crippen LogP contribution is -2.34. The molecule has 0 saturated heterocycles. The number of carbonyl (C=O) groups excluding carboxylic acids is 3. The number of carboxylic acids is 1. The summed E-state index contributed by atoms with van der Waals surface area (Å²) in [5.41, 5.74) is 0.761. The molecule has 0 spiro atoms. The number of hydrogen-bond acceptors (Lipinski definition) is 5. The number of ketones is 2. The van der Waals surface area contributed by atoms with Crippen molar-refractivity contribution in [1.29, 1.82) is 0 Å². The van der Waals surface area contributed by atoms with Gasteiger partial charge in [-0.3, -0.25) is 4.79 Å². The van der Waals surface area contributed by atoms with Crippen LogP contribution >= 0.6 is 23.2 Å². The third-order valence-electron chi connectivity index (χ3n) is 4.98. The van der Waals surface area contributed by atoms with E-state index in [2.05, 4.69) is 0 Å². The van der Waals surface area contributed by atoms with Gasteiger partial charge < -0.3 is 19.4 Å². The summed E-state index contributed by atoms with van der Waals surface area (Å²) in [6, 6.07) is 10.8. The maximum atomic E-state index is 13.5. The predicted molar refractivity (Wildman–Crippen MR) is 103 cm³/mol. The molecule has 1 aliphatic carbocycles. The van der Waals surface area contributed by atoms with E-state index < -0.39 is 18.0 Å². The summed E-state index contributed by atoms with van der Waals surface area (Å²) in [5, 5.41) is 10.7. The van der Waals surface area contributed by atoms with E-state index in [0.29, 0.717) is 24.0 Å². The van der Waals surface area contributed by atoms with Crippen LogP contribution in [0.5, 0.6) is 5.75 Å². The Morgan fingerprint density at radius 1 is 1.18 bits per heavy atom. The number of ether oxygens (including phenoxy) is 1. The summed E-state index contributed by atoms with van der Waals surface area (Å²) in [6.07, 6.45) is 0.897. The van der Waals surface area contributed by atoms with E-state index in [1.165, 1.54) is 6.92 Å². The van der Waals surface area contributed by atoms with Crippen molar-refractivity contribution in [2.24, 2.45) is 0 Å². The zero-order valence-corrected chi connectivity index (χ0v) is 16.6. The van der Waals surface area contributed by atoms with Crippen LogP contribution in [0.4, 0.5) is 0 Å². The van der Waals surface area contributed by atoms with E-state index in [9.17, 15) is 19.5 Å². The van der Waals surface area contributed by atoms with Gasteiger partial charge >= 0.3 is 0 Å². The SMILES string of the molecule is CC(=O)CCC1(c2ccccc2)Cc2cc(OCC(=O)[O-])c(Cl)c(Cl)c2C1=O. The van der Waals surface area contributed by atoms with Crippen molar-refractivity contribution >= 4 is 40.7 Å². The number of aliphatic carboxylic acids is 1. The van der Waals surface area contributed by atoms with E-state index in [0.717, 1.165) is 5.56 Å². The molecule has 2 aromatic carbocycles. The molecule has 1 unspecified atom stereocenters. The summed E-state index contributed by atoms with van der Waals surface area (Å²) in [7, 11) is 0. The molecule has 146 valence electrons. The Labute approximate surface area is 172 Å². The Morgan fingerprint density at radius 2 is 1.86 bits per heavy atom. The number of Topliss-reactive ketones (excluding diaryl/α,β-unsaturated/α-hetero) is 2.